The Hall–Kier alpha value is -1.35. The van der Waals surface area contributed by atoms with Crippen molar-refractivity contribution in [1.29, 1.82) is 0 Å². The van der Waals surface area contributed by atoms with E-state index in [9.17, 15) is 9.90 Å². The highest BCUT2D eigenvalue weighted by Crippen LogP contribution is 2.22. The summed E-state index contributed by atoms with van der Waals surface area (Å²) in [6.45, 7) is 7.20. The smallest absolute Gasteiger partial charge is 0.335 e. The zero-order chi connectivity index (χ0) is 12.5. The van der Waals surface area contributed by atoms with Crippen LogP contribution in [0.2, 0.25) is 0 Å². The second kappa shape index (κ2) is 4.26. The number of carboxylic acid groups (broad SMARTS) is 1. The third-order valence-corrected chi connectivity index (χ3v) is 2.82. The maximum absolute atomic E-state index is 10.9. The average molecular weight is 222 g/mol. The van der Waals surface area contributed by atoms with Gasteiger partial charge in [0.2, 0.25) is 0 Å². The number of aliphatic hydroxyl groups is 1. The van der Waals surface area contributed by atoms with Crippen LogP contribution in [0.4, 0.5) is 0 Å². The van der Waals surface area contributed by atoms with E-state index >= 15 is 0 Å². The van der Waals surface area contributed by atoms with Gasteiger partial charge in [-0.15, -0.1) is 0 Å². The molecule has 0 aliphatic carbocycles. The normalized spacial score (nSPS) is 14.6. The molecule has 88 valence electrons. The summed E-state index contributed by atoms with van der Waals surface area (Å²) < 4.78 is 0. The van der Waals surface area contributed by atoms with Gasteiger partial charge >= 0.3 is 5.97 Å². The van der Waals surface area contributed by atoms with E-state index in [1.54, 1.807) is 0 Å². The van der Waals surface area contributed by atoms with Crippen LogP contribution in [0.15, 0.2) is 12.1 Å². The number of aryl methyl sites for hydroxylation is 3. The van der Waals surface area contributed by atoms with Gasteiger partial charge in [-0.2, -0.15) is 0 Å². The van der Waals surface area contributed by atoms with Crippen molar-refractivity contribution in [2.24, 2.45) is 0 Å². The third kappa shape index (κ3) is 2.61. The average Bonchev–Trinajstić information content (AvgIpc) is 2.11. The maximum atomic E-state index is 10.9. The molecule has 1 rings (SSSR count). The van der Waals surface area contributed by atoms with E-state index < -0.39 is 11.6 Å². The van der Waals surface area contributed by atoms with Gasteiger partial charge < -0.3 is 10.2 Å². The van der Waals surface area contributed by atoms with Gasteiger partial charge in [0.05, 0.1) is 0 Å². The van der Waals surface area contributed by atoms with Gasteiger partial charge in [0.25, 0.3) is 0 Å². The number of aliphatic carboxylic acids is 1. The molecule has 3 nitrogen and oxygen atoms in total. The van der Waals surface area contributed by atoms with Crippen molar-refractivity contribution in [2.75, 3.05) is 0 Å². The lowest BCUT2D eigenvalue weighted by Crippen LogP contribution is -2.37. The molecule has 0 aromatic heterocycles. The number of benzene rings is 1. The first-order valence-corrected chi connectivity index (χ1v) is 5.26. The van der Waals surface area contributed by atoms with Crippen LogP contribution in [-0.2, 0) is 11.2 Å². The molecule has 3 heteroatoms. The van der Waals surface area contributed by atoms with Crippen molar-refractivity contribution in [3.63, 3.8) is 0 Å². The SMILES string of the molecule is Cc1cc(C)c(CC(C)(O)C(=O)O)c(C)c1. The summed E-state index contributed by atoms with van der Waals surface area (Å²) in [6, 6.07) is 4.00. The molecule has 16 heavy (non-hydrogen) atoms. The van der Waals surface area contributed by atoms with Crippen molar-refractivity contribution in [1.82, 2.24) is 0 Å². The van der Waals surface area contributed by atoms with E-state index in [2.05, 4.69) is 0 Å². The second-order valence-electron chi connectivity index (χ2n) is 4.63. The van der Waals surface area contributed by atoms with Gasteiger partial charge in [-0.25, -0.2) is 4.79 Å². The molecular weight excluding hydrogens is 204 g/mol. The molecule has 0 radical (unpaired) electrons. The highest BCUT2D eigenvalue weighted by atomic mass is 16.4. The standard InChI is InChI=1S/C13H18O3/c1-8-5-9(2)11(10(3)6-8)7-13(4,16)12(14)15/h5-6,16H,7H2,1-4H3,(H,14,15). The fourth-order valence-corrected chi connectivity index (χ4v) is 1.91. The molecule has 0 saturated carbocycles. The molecule has 0 saturated heterocycles. The Morgan fingerprint density at radius 1 is 1.25 bits per heavy atom. The summed E-state index contributed by atoms with van der Waals surface area (Å²) in [6.07, 6.45) is 0.139. The van der Waals surface area contributed by atoms with E-state index in [0.717, 1.165) is 22.3 Å². The van der Waals surface area contributed by atoms with Crippen molar-refractivity contribution >= 4 is 5.97 Å². The fourth-order valence-electron chi connectivity index (χ4n) is 1.91. The highest BCUT2D eigenvalue weighted by molar-refractivity contribution is 5.77. The lowest BCUT2D eigenvalue weighted by molar-refractivity contribution is -0.156. The molecule has 0 bridgehead atoms. The lowest BCUT2D eigenvalue weighted by atomic mass is 9.90. The molecule has 0 heterocycles. The van der Waals surface area contributed by atoms with Crippen LogP contribution < -0.4 is 0 Å². The van der Waals surface area contributed by atoms with Crippen molar-refractivity contribution in [2.45, 2.75) is 39.7 Å². The number of hydrogen-bond acceptors (Lipinski definition) is 2. The molecule has 2 N–H and O–H groups in total. The largest absolute Gasteiger partial charge is 0.479 e. The summed E-state index contributed by atoms with van der Waals surface area (Å²) in [7, 11) is 0. The van der Waals surface area contributed by atoms with E-state index in [4.69, 9.17) is 5.11 Å². The van der Waals surface area contributed by atoms with Crippen LogP contribution in [0.3, 0.4) is 0 Å². The van der Waals surface area contributed by atoms with E-state index in [-0.39, 0.29) is 6.42 Å². The zero-order valence-corrected chi connectivity index (χ0v) is 10.2. The fraction of sp³-hybridized carbons (Fsp3) is 0.462. The Bertz CT molecular complexity index is 396. The van der Waals surface area contributed by atoms with Crippen molar-refractivity contribution < 1.29 is 15.0 Å². The minimum atomic E-state index is -1.70. The highest BCUT2D eigenvalue weighted by Gasteiger charge is 2.31. The van der Waals surface area contributed by atoms with Gasteiger partial charge in [0, 0.05) is 6.42 Å². The molecule has 0 spiro atoms. The first kappa shape index (κ1) is 12.7. The van der Waals surface area contributed by atoms with Crippen LogP contribution in [0.25, 0.3) is 0 Å². The summed E-state index contributed by atoms with van der Waals surface area (Å²) in [5.41, 5.74) is 2.41. The number of rotatable bonds is 3. The van der Waals surface area contributed by atoms with Gasteiger partial charge in [0.15, 0.2) is 5.60 Å². The van der Waals surface area contributed by atoms with E-state index in [1.807, 2.05) is 32.9 Å². The Kier molecular flexibility index (Phi) is 3.38. The van der Waals surface area contributed by atoms with Gasteiger partial charge in [-0.3, -0.25) is 0 Å². The molecule has 1 unspecified atom stereocenters. The molecule has 0 aliphatic rings. The number of hydrogen-bond donors (Lipinski definition) is 2. The molecule has 0 fully saturated rings. The Morgan fingerprint density at radius 2 is 1.69 bits per heavy atom. The molecule has 1 aromatic rings. The molecular formula is C13H18O3. The van der Waals surface area contributed by atoms with Crippen LogP contribution in [0.5, 0.6) is 0 Å². The van der Waals surface area contributed by atoms with Crippen molar-refractivity contribution in [3.8, 4) is 0 Å². The van der Waals surface area contributed by atoms with Crippen LogP contribution in [0, 0.1) is 20.8 Å². The molecule has 1 atom stereocenters. The van der Waals surface area contributed by atoms with Gasteiger partial charge in [-0.05, 0) is 44.4 Å². The lowest BCUT2D eigenvalue weighted by Gasteiger charge is -2.21. The Morgan fingerprint density at radius 3 is 2.06 bits per heavy atom. The molecule has 0 amide bonds. The van der Waals surface area contributed by atoms with Gasteiger partial charge in [-0.1, -0.05) is 17.7 Å². The van der Waals surface area contributed by atoms with Crippen molar-refractivity contribution in [3.05, 3.63) is 34.4 Å². The Balaban J connectivity index is 3.11. The molecule has 1 aromatic carbocycles. The quantitative estimate of drug-likeness (QED) is 0.822. The summed E-state index contributed by atoms with van der Waals surface area (Å²) >= 11 is 0. The summed E-state index contributed by atoms with van der Waals surface area (Å²) in [4.78, 5) is 10.9. The zero-order valence-electron chi connectivity index (χ0n) is 10.2. The Labute approximate surface area is 95.7 Å². The predicted octanol–water partition coefficient (Wildman–Crippen LogP) is 1.99. The first-order chi connectivity index (χ1) is 7.24. The number of carbonyl (C=O) groups is 1. The minimum absolute atomic E-state index is 0.139. The van der Waals surface area contributed by atoms with E-state index in [0.29, 0.717) is 0 Å². The van der Waals surface area contributed by atoms with Gasteiger partial charge in [0.1, 0.15) is 0 Å². The first-order valence-electron chi connectivity index (χ1n) is 5.26. The topological polar surface area (TPSA) is 57.5 Å². The third-order valence-electron chi connectivity index (χ3n) is 2.82. The summed E-state index contributed by atoms with van der Waals surface area (Å²) in [5, 5.41) is 18.7. The second-order valence-corrected chi connectivity index (χ2v) is 4.63. The van der Waals surface area contributed by atoms with E-state index in [1.165, 1.54) is 6.92 Å². The monoisotopic (exact) mass is 222 g/mol. The predicted molar refractivity (Wildman–Crippen MR) is 62.6 cm³/mol. The van der Waals surface area contributed by atoms with Crippen LogP contribution in [-0.4, -0.2) is 21.8 Å². The number of carboxylic acids is 1. The maximum Gasteiger partial charge on any atom is 0.335 e. The van der Waals surface area contributed by atoms with Crippen LogP contribution >= 0.6 is 0 Å². The minimum Gasteiger partial charge on any atom is -0.479 e. The van der Waals surface area contributed by atoms with Crippen LogP contribution in [0.1, 0.15) is 29.2 Å². The molecule has 0 aliphatic heterocycles. The summed E-state index contributed by atoms with van der Waals surface area (Å²) in [5.74, 6) is -1.19.